The zero-order chi connectivity index (χ0) is 16.0. The monoisotopic (exact) mass is 303 g/mol. The second-order valence-corrected chi connectivity index (χ2v) is 5.39. The molecule has 0 aromatic heterocycles. The van der Waals surface area contributed by atoms with Crippen molar-refractivity contribution < 1.29 is 14.2 Å². The van der Waals surface area contributed by atoms with Gasteiger partial charge in [-0.05, 0) is 27.2 Å². The molecule has 0 aromatic rings. The first-order chi connectivity index (χ1) is 10.2. The molecule has 21 heavy (non-hydrogen) atoms. The van der Waals surface area contributed by atoms with Gasteiger partial charge in [-0.1, -0.05) is 45.4 Å². The molecule has 2 N–H and O–H groups in total. The van der Waals surface area contributed by atoms with Gasteiger partial charge in [-0.25, -0.2) is 0 Å². The summed E-state index contributed by atoms with van der Waals surface area (Å²) in [5, 5.41) is 0. The Hall–Kier alpha value is -0.160. The Morgan fingerprint density at radius 3 is 1.67 bits per heavy atom. The molecule has 1 atom stereocenters. The molecular formula is C17H37NO3. The zero-order valence-electron chi connectivity index (χ0n) is 14.7. The molecule has 0 aromatic carbocycles. The van der Waals surface area contributed by atoms with Crippen LogP contribution in [0.25, 0.3) is 0 Å². The van der Waals surface area contributed by atoms with Crippen molar-refractivity contribution in [2.24, 2.45) is 11.7 Å². The van der Waals surface area contributed by atoms with Gasteiger partial charge in [0, 0.05) is 26.4 Å². The number of hydrogen-bond donors (Lipinski definition) is 1. The van der Waals surface area contributed by atoms with Crippen LogP contribution in [0.3, 0.4) is 0 Å². The second kappa shape index (κ2) is 13.5. The lowest BCUT2D eigenvalue weighted by Gasteiger charge is -2.38. The first-order valence-electron chi connectivity index (χ1n) is 8.82. The van der Waals surface area contributed by atoms with Crippen molar-refractivity contribution in [1.82, 2.24) is 0 Å². The standard InChI is InChI=1S/C17H37NO3/c1-5-9-10-11-12-13-14-16(15-18)17(19-6-2,20-7-3)21-8-4/h16H,5-15,18H2,1-4H3. The number of nitrogens with two attached hydrogens (primary N) is 1. The SMILES string of the molecule is CCCCCCCCC(CN)C(OCC)(OCC)OCC. The molecule has 0 aliphatic heterocycles. The van der Waals surface area contributed by atoms with Crippen molar-refractivity contribution in [3.05, 3.63) is 0 Å². The lowest BCUT2D eigenvalue weighted by Crippen LogP contribution is -2.49. The summed E-state index contributed by atoms with van der Waals surface area (Å²) in [5.74, 6) is -0.875. The number of hydrogen-bond acceptors (Lipinski definition) is 4. The van der Waals surface area contributed by atoms with Gasteiger partial charge in [0.25, 0.3) is 5.97 Å². The highest BCUT2D eigenvalue weighted by molar-refractivity contribution is 4.73. The van der Waals surface area contributed by atoms with Crippen LogP contribution in [0, 0.1) is 5.92 Å². The second-order valence-electron chi connectivity index (χ2n) is 5.39. The molecule has 0 saturated heterocycles. The fraction of sp³-hybridized carbons (Fsp3) is 1.00. The minimum absolute atomic E-state index is 0.0866. The van der Waals surface area contributed by atoms with Gasteiger partial charge in [0.1, 0.15) is 0 Å². The maximum absolute atomic E-state index is 5.97. The third kappa shape index (κ3) is 8.15. The van der Waals surface area contributed by atoms with Crippen molar-refractivity contribution in [2.45, 2.75) is 78.6 Å². The van der Waals surface area contributed by atoms with Gasteiger partial charge < -0.3 is 19.9 Å². The maximum Gasteiger partial charge on any atom is 0.287 e. The van der Waals surface area contributed by atoms with Gasteiger partial charge >= 0.3 is 0 Å². The predicted molar refractivity (Wildman–Crippen MR) is 88.1 cm³/mol. The number of ether oxygens (including phenoxy) is 3. The molecule has 4 nitrogen and oxygen atoms in total. The lowest BCUT2D eigenvalue weighted by molar-refractivity contribution is -0.401. The van der Waals surface area contributed by atoms with Crippen molar-refractivity contribution >= 4 is 0 Å². The summed E-state index contributed by atoms with van der Waals surface area (Å²) in [6, 6.07) is 0. The fourth-order valence-electron chi connectivity index (χ4n) is 2.69. The summed E-state index contributed by atoms with van der Waals surface area (Å²) < 4.78 is 17.5. The number of unbranched alkanes of at least 4 members (excludes halogenated alkanes) is 5. The van der Waals surface area contributed by atoms with Crippen LogP contribution in [0.4, 0.5) is 0 Å². The summed E-state index contributed by atoms with van der Waals surface area (Å²) in [6.07, 6.45) is 8.64. The van der Waals surface area contributed by atoms with E-state index in [-0.39, 0.29) is 5.92 Å². The van der Waals surface area contributed by atoms with E-state index in [9.17, 15) is 0 Å². The quantitative estimate of drug-likeness (QED) is 0.366. The largest absolute Gasteiger partial charge is 0.330 e. The van der Waals surface area contributed by atoms with E-state index in [0.717, 1.165) is 12.8 Å². The highest BCUT2D eigenvalue weighted by atomic mass is 16.9. The van der Waals surface area contributed by atoms with Crippen molar-refractivity contribution in [3.8, 4) is 0 Å². The minimum atomic E-state index is -0.962. The Balaban J connectivity index is 4.43. The third-order valence-electron chi connectivity index (χ3n) is 3.73. The molecule has 0 saturated carbocycles. The molecule has 0 fully saturated rings. The first kappa shape index (κ1) is 20.8. The van der Waals surface area contributed by atoms with Crippen molar-refractivity contribution in [2.75, 3.05) is 26.4 Å². The molecule has 0 radical (unpaired) electrons. The van der Waals surface area contributed by atoms with Gasteiger partial charge in [-0.2, -0.15) is 0 Å². The highest BCUT2D eigenvalue weighted by Gasteiger charge is 2.40. The Bertz CT molecular complexity index is 207. The normalized spacial score (nSPS) is 13.6. The summed E-state index contributed by atoms with van der Waals surface area (Å²) in [5.41, 5.74) is 5.97. The maximum atomic E-state index is 5.97. The van der Waals surface area contributed by atoms with Crippen LogP contribution in [-0.4, -0.2) is 32.3 Å². The molecule has 4 heteroatoms. The molecule has 0 spiro atoms. The third-order valence-corrected chi connectivity index (χ3v) is 3.73. The van der Waals surface area contributed by atoms with E-state index in [0.29, 0.717) is 26.4 Å². The molecule has 0 bridgehead atoms. The van der Waals surface area contributed by atoms with Gasteiger partial charge in [-0.3, -0.25) is 0 Å². The molecule has 0 heterocycles. The van der Waals surface area contributed by atoms with Crippen LogP contribution in [0.15, 0.2) is 0 Å². The Morgan fingerprint density at radius 2 is 1.24 bits per heavy atom. The molecule has 0 aliphatic rings. The van der Waals surface area contributed by atoms with Gasteiger partial charge in [-0.15, -0.1) is 0 Å². The van der Waals surface area contributed by atoms with E-state index >= 15 is 0 Å². The van der Waals surface area contributed by atoms with Crippen molar-refractivity contribution in [1.29, 1.82) is 0 Å². The molecular weight excluding hydrogens is 266 g/mol. The smallest absolute Gasteiger partial charge is 0.287 e. The Morgan fingerprint density at radius 1 is 0.762 bits per heavy atom. The van der Waals surface area contributed by atoms with Crippen LogP contribution >= 0.6 is 0 Å². The molecule has 0 aliphatic carbocycles. The van der Waals surface area contributed by atoms with Crippen LogP contribution in [-0.2, 0) is 14.2 Å². The fourth-order valence-corrected chi connectivity index (χ4v) is 2.69. The average molecular weight is 303 g/mol. The molecule has 0 amide bonds. The van der Waals surface area contributed by atoms with E-state index < -0.39 is 5.97 Å². The summed E-state index contributed by atoms with van der Waals surface area (Å²) >= 11 is 0. The lowest BCUT2D eigenvalue weighted by atomic mass is 9.97. The van der Waals surface area contributed by atoms with Crippen LogP contribution in [0.1, 0.15) is 72.6 Å². The Kier molecular flexibility index (Phi) is 13.4. The summed E-state index contributed by atoms with van der Waals surface area (Å²) in [6.45, 7) is 10.3. The van der Waals surface area contributed by atoms with Gasteiger partial charge in [0.2, 0.25) is 0 Å². The summed E-state index contributed by atoms with van der Waals surface area (Å²) in [7, 11) is 0. The summed E-state index contributed by atoms with van der Waals surface area (Å²) in [4.78, 5) is 0. The highest BCUT2D eigenvalue weighted by Crippen LogP contribution is 2.30. The first-order valence-corrected chi connectivity index (χ1v) is 8.82. The van der Waals surface area contributed by atoms with Crippen LogP contribution < -0.4 is 5.73 Å². The molecule has 1 unspecified atom stereocenters. The Labute approximate surface area is 131 Å². The van der Waals surface area contributed by atoms with Crippen molar-refractivity contribution in [3.63, 3.8) is 0 Å². The zero-order valence-corrected chi connectivity index (χ0v) is 14.7. The average Bonchev–Trinajstić information content (AvgIpc) is 2.47. The minimum Gasteiger partial charge on any atom is -0.330 e. The molecule has 0 rings (SSSR count). The van der Waals surface area contributed by atoms with Gasteiger partial charge in [0.05, 0.1) is 5.92 Å². The van der Waals surface area contributed by atoms with E-state index in [1.54, 1.807) is 0 Å². The van der Waals surface area contributed by atoms with E-state index in [1.165, 1.54) is 32.1 Å². The van der Waals surface area contributed by atoms with Gasteiger partial charge in [0.15, 0.2) is 0 Å². The topological polar surface area (TPSA) is 53.7 Å². The van der Waals surface area contributed by atoms with E-state index in [4.69, 9.17) is 19.9 Å². The van der Waals surface area contributed by atoms with E-state index in [1.807, 2.05) is 20.8 Å². The van der Waals surface area contributed by atoms with Crippen LogP contribution in [0.5, 0.6) is 0 Å². The predicted octanol–water partition coefficient (Wildman–Crippen LogP) is 4.08. The molecule has 128 valence electrons. The van der Waals surface area contributed by atoms with E-state index in [2.05, 4.69) is 6.92 Å². The van der Waals surface area contributed by atoms with Crippen LogP contribution in [0.2, 0.25) is 0 Å². The number of rotatable bonds is 15.